The average Bonchev–Trinajstić information content (AvgIpc) is 2.46. The Bertz CT molecular complexity index is 630. The summed E-state index contributed by atoms with van der Waals surface area (Å²) in [6, 6.07) is 8.61. The maximum Gasteiger partial charge on any atom is 0.336 e. The van der Waals surface area contributed by atoms with Crippen LogP contribution in [0.2, 0.25) is 0 Å². The van der Waals surface area contributed by atoms with E-state index < -0.39 is 12.1 Å². The summed E-state index contributed by atoms with van der Waals surface area (Å²) in [5.74, 6) is -0.508. The molecule has 0 aliphatic heterocycles. The lowest BCUT2D eigenvalue weighted by molar-refractivity contribution is 0.0615. The van der Waals surface area contributed by atoms with Crippen LogP contribution in [0.25, 0.3) is 10.9 Å². The van der Waals surface area contributed by atoms with Crippen LogP contribution in [0.15, 0.2) is 30.3 Å². The van der Waals surface area contributed by atoms with Crippen LogP contribution in [0.3, 0.4) is 0 Å². The fourth-order valence-electron chi connectivity index (χ4n) is 2.09. The van der Waals surface area contributed by atoms with Gasteiger partial charge in [0, 0.05) is 19.0 Å². The molecule has 0 amide bonds. The number of methoxy groups -OCH3 is 1. The minimum Gasteiger partial charge on any atom is -0.478 e. The number of anilines is 1. The van der Waals surface area contributed by atoms with Crippen LogP contribution in [0.5, 0.6) is 0 Å². The zero-order valence-corrected chi connectivity index (χ0v) is 11.7. The first-order valence-corrected chi connectivity index (χ1v) is 6.65. The van der Waals surface area contributed by atoms with Crippen molar-refractivity contribution in [2.24, 2.45) is 0 Å². The number of fused-ring (bicyclic) bond motifs is 1. The summed E-state index contributed by atoms with van der Waals surface area (Å²) in [7, 11) is 1.53. The van der Waals surface area contributed by atoms with Crippen molar-refractivity contribution in [3.05, 3.63) is 35.9 Å². The molecule has 1 heterocycles. The summed E-state index contributed by atoms with van der Waals surface area (Å²) in [5, 5.41) is 22.5. The third-order valence-corrected chi connectivity index (χ3v) is 3.09. The van der Waals surface area contributed by atoms with Crippen molar-refractivity contribution in [2.45, 2.75) is 12.5 Å². The van der Waals surface area contributed by atoms with Gasteiger partial charge in [0.05, 0.1) is 23.8 Å². The molecule has 1 atom stereocenters. The first-order chi connectivity index (χ1) is 10.1. The van der Waals surface area contributed by atoms with Gasteiger partial charge in [-0.2, -0.15) is 0 Å². The fraction of sp³-hybridized carbons (Fsp3) is 0.333. The molecule has 0 fully saturated rings. The highest BCUT2D eigenvalue weighted by atomic mass is 16.5. The number of ether oxygens (including phenoxy) is 1. The molecule has 1 aromatic heterocycles. The number of aliphatic hydroxyl groups excluding tert-OH is 1. The molecule has 0 spiro atoms. The first kappa shape index (κ1) is 15.2. The second-order valence-corrected chi connectivity index (χ2v) is 4.70. The largest absolute Gasteiger partial charge is 0.478 e. The Morgan fingerprint density at radius 2 is 2.19 bits per heavy atom. The Morgan fingerprint density at radius 3 is 2.90 bits per heavy atom. The van der Waals surface area contributed by atoms with Gasteiger partial charge in [0.15, 0.2) is 0 Å². The van der Waals surface area contributed by atoms with E-state index in [-0.39, 0.29) is 12.2 Å². The van der Waals surface area contributed by atoms with Crippen molar-refractivity contribution in [2.75, 3.05) is 25.6 Å². The topological polar surface area (TPSA) is 91.7 Å². The van der Waals surface area contributed by atoms with E-state index in [9.17, 15) is 15.0 Å². The number of aromatic carboxylic acids is 1. The Morgan fingerprint density at radius 1 is 1.43 bits per heavy atom. The van der Waals surface area contributed by atoms with Gasteiger partial charge in [0.25, 0.3) is 0 Å². The van der Waals surface area contributed by atoms with Gasteiger partial charge in [-0.15, -0.1) is 0 Å². The molecule has 0 saturated heterocycles. The quantitative estimate of drug-likeness (QED) is 0.719. The molecule has 3 N–H and O–H groups in total. The van der Waals surface area contributed by atoms with E-state index in [1.165, 1.54) is 13.2 Å². The van der Waals surface area contributed by atoms with Crippen LogP contribution in [0.4, 0.5) is 5.82 Å². The number of aromatic nitrogens is 1. The number of nitrogens with one attached hydrogen (secondary N) is 1. The SMILES string of the molecule is COCC(O)CCNc1cc(C(=O)O)c2ccccc2n1. The number of carbonyl (C=O) groups is 1. The molecule has 6 heteroatoms. The van der Waals surface area contributed by atoms with Crippen LogP contribution in [0.1, 0.15) is 16.8 Å². The molecule has 2 aromatic rings. The zero-order valence-electron chi connectivity index (χ0n) is 11.7. The fourth-order valence-corrected chi connectivity index (χ4v) is 2.09. The smallest absolute Gasteiger partial charge is 0.336 e. The number of rotatable bonds is 7. The number of benzene rings is 1. The van der Waals surface area contributed by atoms with E-state index in [4.69, 9.17) is 4.74 Å². The van der Waals surface area contributed by atoms with Gasteiger partial charge in [0.2, 0.25) is 0 Å². The summed E-state index contributed by atoms with van der Waals surface area (Å²) in [5.41, 5.74) is 0.831. The van der Waals surface area contributed by atoms with E-state index in [0.29, 0.717) is 29.7 Å². The predicted molar refractivity (Wildman–Crippen MR) is 79.7 cm³/mol. The third-order valence-electron chi connectivity index (χ3n) is 3.09. The molecule has 6 nitrogen and oxygen atoms in total. The summed E-state index contributed by atoms with van der Waals surface area (Å²) in [6.07, 6.45) is -0.0630. The minimum absolute atomic E-state index is 0.209. The molecular formula is C15H18N2O4. The lowest BCUT2D eigenvalue weighted by Crippen LogP contribution is -2.18. The summed E-state index contributed by atoms with van der Waals surface area (Å²) >= 11 is 0. The number of nitrogens with zero attached hydrogens (tertiary/aromatic N) is 1. The highest BCUT2D eigenvalue weighted by Crippen LogP contribution is 2.20. The maximum atomic E-state index is 11.3. The molecule has 112 valence electrons. The van der Waals surface area contributed by atoms with Crippen molar-refractivity contribution < 1.29 is 19.7 Å². The third kappa shape index (κ3) is 3.90. The van der Waals surface area contributed by atoms with Crippen LogP contribution < -0.4 is 5.32 Å². The van der Waals surface area contributed by atoms with Gasteiger partial charge in [-0.1, -0.05) is 18.2 Å². The number of hydrogen-bond donors (Lipinski definition) is 3. The highest BCUT2D eigenvalue weighted by molar-refractivity contribution is 6.03. The minimum atomic E-state index is -0.990. The Hall–Kier alpha value is -2.18. The Balaban J connectivity index is 2.15. The number of carboxylic acids is 1. The maximum absolute atomic E-state index is 11.3. The lowest BCUT2D eigenvalue weighted by atomic mass is 10.1. The van der Waals surface area contributed by atoms with Crippen molar-refractivity contribution in [3.63, 3.8) is 0 Å². The summed E-state index contributed by atoms with van der Waals surface area (Å²) < 4.78 is 4.84. The highest BCUT2D eigenvalue weighted by Gasteiger charge is 2.11. The van der Waals surface area contributed by atoms with Crippen LogP contribution in [0, 0.1) is 0 Å². The molecule has 21 heavy (non-hydrogen) atoms. The van der Waals surface area contributed by atoms with Crippen molar-refractivity contribution in [1.82, 2.24) is 4.98 Å². The van der Waals surface area contributed by atoms with Crippen LogP contribution in [-0.2, 0) is 4.74 Å². The van der Waals surface area contributed by atoms with Gasteiger partial charge in [-0.25, -0.2) is 9.78 Å². The molecule has 2 rings (SSSR count). The van der Waals surface area contributed by atoms with Gasteiger partial charge >= 0.3 is 5.97 Å². The second-order valence-electron chi connectivity index (χ2n) is 4.70. The van der Waals surface area contributed by atoms with E-state index in [2.05, 4.69) is 10.3 Å². The van der Waals surface area contributed by atoms with E-state index in [1.807, 2.05) is 6.07 Å². The van der Waals surface area contributed by atoms with E-state index in [1.54, 1.807) is 18.2 Å². The summed E-state index contributed by atoms with van der Waals surface area (Å²) in [6.45, 7) is 0.752. The van der Waals surface area contributed by atoms with E-state index in [0.717, 1.165) is 0 Å². The predicted octanol–water partition coefficient (Wildman–Crippen LogP) is 1.74. The van der Waals surface area contributed by atoms with Gasteiger partial charge < -0.3 is 20.3 Å². The van der Waals surface area contributed by atoms with Crippen molar-refractivity contribution in [3.8, 4) is 0 Å². The Kier molecular flexibility index (Phi) is 5.08. The molecule has 0 saturated carbocycles. The average molecular weight is 290 g/mol. The normalized spacial score (nSPS) is 12.3. The molecule has 0 bridgehead atoms. The van der Waals surface area contributed by atoms with E-state index >= 15 is 0 Å². The molecule has 0 radical (unpaired) electrons. The lowest BCUT2D eigenvalue weighted by Gasteiger charge is -2.12. The molecule has 0 aliphatic carbocycles. The van der Waals surface area contributed by atoms with Crippen LogP contribution in [-0.4, -0.2) is 47.5 Å². The number of para-hydroxylation sites is 1. The first-order valence-electron chi connectivity index (χ1n) is 6.65. The zero-order chi connectivity index (χ0) is 15.2. The van der Waals surface area contributed by atoms with Gasteiger partial charge in [-0.3, -0.25) is 0 Å². The van der Waals surface area contributed by atoms with Crippen molar-refractivity contribution >= 4 is 22.7 Å². The van der Waals surface area contributed by atoms with Gasteiger partial charge in [-0.05, 0) is 18.6 Å². The van der Waals surface area contributed by atoms with Gasteiger partial charge in [0.1, 0.15) is 5.82 Å². The number of hydrogen-bond acceptors (Lipinski definition) is 5. The molecule has 0 aliphatic rings. The second kappa shape index (κ2) is 7.01. The standard InChI is InChI=1S/C15H18N2O4/c1-21-9-10(18)6-7-16-14-8-12(15(19)20)11-4-2-3-5-13(11)17-14/h2-5,8,10,18H,6-7,9H2,1H3,(H,16,17)(H,19,20). The van der Waals surface area contributed by atoms with Crippen LogP contribution >= 0.6 is 0 Å². The monoisotopic (exact) mass is 290 g/mol. The number of pyridine rings is 1. The number of carboxylic acid groups (broad SMARTS) is 1. The molecule has 1 unspecified atom stereocenters. The van der Waals surface area contributed by atoms with Crippen molar-refractivity contribution in [1.29, 1.82) is 0 Å². The Labute approximate surface area is 122 Å². The number of aliphatic hydroxyl groups is 1. The molecular weight excluding hydrogens is 272 g/mol. The summed E-state index contributed by atoms with van der Waals surface area (Å²) in [4.78, 5) is 15.7. The molecule has 1 aromatic carbocycles.